The van der Waals surface area contributed by atoms with Gasteiger partial charge in [-0.2, -0.15) is 0 Å². The Balaban J connectivity index is 1.97. The van der Waals surface area contributed by atoms with Crippen molar-refractivity contribution in [2.75, 3.05) is 32.0 Å². The minimum absolute atomic E-state index is 0.0361. The fourth-order valence-electron chi connectivity index (χ4n) is 3.13. The van der Waals surface area contributed by atoms with Crippen molar-refractivity contribution in [2.45, 2.75) is 20.0 Å². The summed E-state index contributed by atoms with van der Waals surface area (Å²) in [6.45, 7) is 5.90. The number of anilines is 1. The van der Waals surface area contributed by atoms with Crippen LogP contribution in [-0.2, 0) is 0 Å². The average Bonchev–Trinajstić information content (AvgIpc) is 2.56. The predicted octanol–water partition coefficient (Wildman–Crippen LogP) is 4.10. The molecule has 4 nitrogen and oxygen atoms in total. The molecule has 0 saturated heterocycles. The molecule has 1 aromatic heterocycles. The van der Waals surface area contributed by atoms with Crippen LogP contribution in [0.15, 0.2) is 35.1 Å². The van der Waals surface area contributed by atoms with Gasteiger partial charge in [-0.15, -0.1) is 11.3 Å². The molecule has 0 aliphatic rings. The lowest BCUT2D eigenvalue weighted by Crippen LogP contribution is -2.31. The molecule has 0 aliphatic heterocycles. The van der Waals surface area contributed by atoms with Crippen LogP contribution in [0.2, 0.25) is 5.02 Å². The summed E-state index contributed by atoms with van der Waals surface area (Å²) in [6, 6.07) is 9.43. The van der Waals surface area contributed by atoms with Crippen LogP contribution < -0.4 is 10.7 Å². The summed E-state index contributed by atoms with van der Waals surface area (Å²) >= 11 is 7.70. The Morgan fingerprint density at radius 1 is 1.31 bits per heavy atom. The van der Waals surface area contributed by atoms with Crippen LogP contribution in [0.25, 0.3) is 20.2 Å². The van der Waals surface area contributed by atoms with Crippen LogP contribution in [0, 0.1) is 6.92 Å². The van der Waals surface area contributed by atoms with E-state index in [0.717, 1.165) is 32.6 Å². The molecule has 0 saturated carbocycles. The third kappa shape index (κ3) is 4.01. The maximum Gasteiger partial charge on any atom is 0.197 e. The molecule has 0 unspecified atom stereocenters. The first-order chi connectivity index (χ1) is 12.4. The largest absolute Gasteiger partial charge is 0.392 e. The third-order valence-corrected chi connectivity index (χ3v) is 5.89. The zero-order chi connectivity index (χ0) is 18.8. The average molecular weight is 391 g/mol. The predicted molar refractivity (Wildman–Crippen MR) is 113 cm³/mol. The van der Waals surface area contributed by atoms with E-state index in [1.54, 1.807) is 30.4 Å². The highest BCUT2D eigenvalue weighted by Gasteiger charge is 2.12. The molecule has 138 valence electrons. The molecular weight excluding hydrogens is 368 g/mol. The van der Waals surface area contributed by atoms with Gasteiger partial charge in [-0.05, 0) is 50.7 Å². The molecule has 0 fully saturated rings. The van der Waals surface area contributed by atoms with Gasteiger partial charge in [0.1, 0.15) is 0 Å². The summed E-state index contributed by atoms with van der Waals surface area (Å²) < 4.78 is 1.90. The number of halogens is 1. The van der Waals surface area contributed by atoms with Crippen molar-refractivity contribution in [3.05, 3.63) is 51.1 Å². The van der Waals surface area contributed by atoms with Gasteiger partial charge in [0.05, 0.1) is 11.5 Å². The molecular formula is C20H23ClN2O2S. The Bertz CT molecular complexity index is 1000. The number of rotatable bonds is 6. The molecule has 0 amide bonds. The van der Waals surface area contributed by atoms with Crippen molar-refractivity contribution in [1.82, 2.24) is 4.90 Å². The number of aliphatic hydroxyl groups is 1. The molecule has 3 aromatic rings. The van der Waals surface area contributed by atoms with Crippen LogP contribution in [0.4, 0.5) is 5.69 Å². The van der Waals surface area contributed by atoms with Gasteiger partial charge >= 0.3 is 0 Å². The van der Waals surface area contributed by atoms with E-state index in [4.69, 9.17) is 11.6 Å². The second kappa shape index (κ2) is 7.92. The van der Waals surface area contributed by atoms with Crippen LogP contribution in [-0.4, -0.2) is 42.8 Å². The normalized spacial score (nSPS) is 12.8. The minimum Gasteiger partial charge on any atom is -0.392 e. The standard InChI is InChI=1S/C20H23ClN2O2S/c1-12-4-7-16(22-8-9-23(3)11-13(2)24)18-19(25)15-6-5-14(21)10-17(15)26-20(12)18/h4-7,10,13,22,24H,8-9,11H2,1-3H3/t13-/m0/s1. The summed E-state index contributed by atoms with van der Waals surface area (Å²) in [5.41, 5.74) is 1.98. The number of nitrogens with one attached hydrogen (secondary N) is 1. The van der Waals surface area contributed by atoms with Gasteiger partial charge < -0.3 is 15.3 Å². The molecule has 1 atom stereocenters. The first-order valence-electron chi connectivity index (χ1n) is 8.63. The smallest absolute Gasteiger partial charge is 0.197 e. The van der Waals surface area contributed by atoms with E-state index in [0.29, 0.717) is 23.5 Å². The molecule has 1 heterocycles. The van der Waals surface area contributed by atoms with Gasteiger partial charge in [-0.3, -0.25) is 4.79 Å². The monoisotopic (exact) mass is 390 g/mol. The summed E-state index contributed by atoms with van der Waals surface area (Å²) in [5, 5.41) is 14.9. The number of hydrogen-bond acceptors (Lipinski definition) is 5. The molecule has 0 radical (unpaired) electrons. The third-order valence-electron chi connectivity index (χ3n) is 4.37. The van der Waals surface area contributed by atoms with Crippen LogP contribution in [0.1, 0.15) is 12.5 Å². The minimum atomic E-state index is -0.353. The molecule has 26 heavy (non-hydrogen) atoms. The van der Waals surface area contributed by atoms with E-state index in [-0.39, 0.29) is 11.5 Å². The Morgan fingerprint density at radius 2 is 2.08 bits per heavy atom. The molecule has 0 aliphatic carbocycles. The SMILES string of the molecule is Cc1ccc(NCCN(C)C[C@H](C)O)c2c(=O)c3ccc(Cl)cc3sc12. The van der Waals surface area contributed by atoms with E-state index >= 15 is 0 Å². The summed E-state index contributed by atoms with van der Waals surface area (Å²) in [6.07, 6.45) is -0.353. The lowest BCUT2D eigenvalue weighted by atomic mass is 10.1. The lowest BCUT2D eigenvalue weighted by Gasteiger charge is -2.19. The Kier molecular flexibility index (Phi) is 5.82. The topological polar surface area (TPSA) is 52.6 Å². The van der Waals surface area contributed by atoms with Crippen LogP contribution in [0.5, 0.6) is 0 Å². The van der Waals surface area contributed by atoms with E-state index in [9.17, 15) is 9.90 Å². The molecule has 0 spiro atoms. The first kappa shape index (κ1) is 19.1. The quantitative estimate of drug-likeness (QED) is 0.622. The van der Waals surface area contributed by atoms with Gasteiger partial charge in [0.15, 0.2) is 5.43 Å². The Hall–Kier alpha value is -1.66. The summed E-state index contributed by atoms with van der Waals surface area (Å²) in [4.78, 5) is 15.2. The number of fused-ring (bicyclic) bond motifs is 2. The second-order valence-corrected chi connectivity index (χ2v) is 8.23. The number of aliphatic hydroxyl groups excluding tert-OH is 1. The summed E-state index contributed by atoms with van der Waals surface area (Å²) in [5.74, 6) is 0. The van der Waals surface area contributed by atoms with Crippen molar-refractivity contribution in [1.29, 1.82) is 0 Å². The zero-order valence-electron chi connectivity index (χ0n) is 15.2. The number of benzene rings is 2. The van der Waals surface area contributed by atoms with Gasteiger partial charge in [0.25, 0.3) is 0 Å². The van der Waals surface area contributed by atoms with Crippen molar-refractivity contribution in [3.63, 3.8) is 0 Å². The first-order valence-corrected chi connectivity index (χ1v) is 9.82. The van der Waals surface area contributed by atoms with Crippen molar-refractivity contribution in [2.24, 2.45) is 0 Å². The van der Waals surface area contributed by atoms with E-state index < -0.39 is 0 Å². The van der Waals surface area contributed by atoms with Gasteiger partial charge in [0.2, 0.25) is 0 Å². The van der Waals surface area contributed by atoms with Crippen LogP contribution >= 0.6 is 22.9 Å². The lowest BCUT2D eigenvalue weighted by molar-refractivity contribution is 0.143. The number of nitrogens with zero attached hydrogens (tertiary/aromatic N) is 1. The van der Waals surface area contributed by atoms with Gasteiger partial charge in [-0.1, -0.05) is 17.7 Å². The van der Waals surface area contributed by atoms with Crippen molar-refractivity contribution < 1.29 is 5.11 Å². The molecule has 2 N–H and O–H groups in total. The maximum atomic E-state index is 13.1. The fraction of sp³-hybridized carbons (Fsp3) is 0.350. The maximum absolute atomic E-state index is 13.1. The van der Waals surface area contributed by atoms with Crippen molar-refractivity contribution in [3.8, 4) is 0 Å². The van der Waals surface area contributed by atoms with E-state index in [2.05, 4.69) is 10.2 Å². The highest BCUT2D eigenvalue weighted by Crippen LogP contribution is 2.32. The summed E-state index contributed by atoms with van der Waals surface area (Å²) in [7, 11) is 1.97. The molecule has 6 heteroatoms. The van der Waals surface area contributed by atoms with Gasteiger partial charge in [0, 0.05) is 45.1 Å². The molecule has 3 rings (SSSR count). The number of hydrogen-bond donors (Lipinski definition) is 2. The fourth-order valence-corrected chi connectivity index (χ4v) is 4.57. The van der Waals surface area contributed by atoms with E-state index in [1.165, 1.54) is 0 Å². The van der Waals surface area contributed by atoms with E-state index in [1.807, 2.05) is 32.2 Å². The number of likely N-dealkylation sites (N-methyl/N-ethyl adjacent to an activating group) is 1. The second-order valence-electron chi connectivity index (χ2n) is 6.74. The molecule has 2 aromatic carbocycles. The zero-order valence-corrected chi connectivity index (χ0v) is 16.7. The van der Waals surface area contributed by atoms with Crippen LogP contribution in [0.3, 0.4) is 0 Å². The molecule has 0 bridgehead atoms. The Morgan fingerprint density at radius 3 is 2.81 bits per heavy atom. The number of aryl methyl sites for hydroxylation is 1. The highest BCUT2D eigenvalue weighted by atomic mass is 35.5. The Labute approximate surface area is 162 Å². The van der Waals surface area contributed by atoms with Gasteiger partial charge in [-0.25, -0.2) is 0 Å². The highest BCUT2D eigenvalue weighted by molar-refractivity contribution is 7.24. The van der Waals surface area contributed by atoms with Crippen molar-refractivity contribution >= 4 is 48.8 Å².